The summed E-state index contributed by atoms with van der Waals surface area (Å²) >= 11 is 3.38. The van der Waals surface area contributed by atoms with Gasteiger partial charge >= 0.3 is 0 Å². The summed E-state index contributed by atoms with van der Waals surface area (Å²) in [6.45, 7) is 1.48. The van der Waals surface area contributed by atoms with Gasteiger partial charge in [0.25, 0.3) is 0 Å². The van der Waals surface area contributed by atoms with Gasteiger partial charge in [-0.1, -0.05) is 58.4 Å². The van der Waals surface area contributed by atoms with Gasteiger partial charge in [0.15, 0.2) is 5.78 Å². The quantitative estimate of drug-likeness (QED) is 0.659. The van der Waals surface area contributed by atoms with Crippen LogP contribution in [-0.4, -0.2) is 10.9 Å². The van der Waals surface area contributed by atoms with E-state index in [1.54, 1.807) is 12.1 Å². The lowest BCUT2D eigenvalue weighted by atomic mass is 9.98. The number of ketones is 1. The maximum absolute atomic E-state index is 11.8. The van der Waals surface area contributed by atoms with Crippen LogP contribution < -0.4 is 0 Å². The Labute approximate surface area is 126 Å². The molecule has 3 heteroatoms. The van der Waals surface area contributed by atoms with Crippen LogP contribution >= 0.6 is 15.9 Å². The Morgan fingerprint density at radius 2 is 1.65 bits per heavy atom. The van der Waals surface area contributed by atoms with Gasteiger partial charge in [0.1, 0.15) is 5.76 Å². The third kappa shape index (κ3) is 3.58. The molecule has 0 aromatic heterocycles. The van der Waals surface area contributed by atoms with E-state index in [0.29, 0.717) is 17.6 Å². The minimum absolute atomic E-state index is 0.0565. The van der Waals surface area contributed by atoms with E-state index in [4.69, 9.17) is 0 Å². The number of hydrogen-bond donors (Lipinski definition) is 1. The van der Waals surface area contributed by atoms with Crippen molar-refractivity contribution < 1.29 is 9.90 Å². The van der Waals surface area contributed by atoms with Gasteiger partial charge in [0.05, 0.1) is 0 Å². The molecule has 20 heavy (non-hydrogen) atoms. The zero-order chi connectivity index (χ0) is 14.5. The summed E-state index contributed by atoms with van der Waals surface area (Å²) in [5, 5.41) is 10.3. The Morgan fingerprint density at radius 1 is 1.05 bits per heavy atom. The fourth-order valence-corrected chi connectivity index (χ4v) is 2.22. The molecule has 0 bridgehead atoms. The molecular formula is C17H15BrO2. The first-order valence-corrected chi connectivity index (χ1v) is 7.10. The van der Waals surface area contributed by atoms with Gasteiger partial charge in [-0.25, -0.2) is 0 Å². The van der Waals surface area contributed by atoms with E-state index in [9.17, 15) is 9.90 Å². The van der Waals surface area contributed by atoms with Crippen LogP contribution in [0.4, 0.5) is 0 Å². The third-order valence-electron chi connectivity index (χ3n) is 3.05. The van der Waals surface area contributed by atoms with Crippen molar-refractivity contribution in [1.82, 2.24) is 0 Å². The number of hydrogen-bond acceptors (Lipinski definition) is 2. The van der Waals surface area contributed by atoms with Gasteiger partial charge < -0.3 is 5.11 Å². The van der Waals surface area contributed by atoms with Gasteiger partial charge in [-0.15, -0.1) is 0 Å². The number of aliphatic hydroxyl groups excluding tert-OH is 1. The molecule has 2 aromatic rings. The highest BCUT2D eigenvalue weighted by atomic mass is 79.9. The summed E-state index contributed by atoms with van der Waals surface area (Å²) in [6.07, 6.45) is 0.420. The number of carbonyl (C=O) groups is 1. The number of Topliss-reactive ketones (excluding diaryl/α,β-unsaturated/α-hetero) is 1. The predicted octanol–water partition coefficient (Wildman–Crippen LogP) is 4.55. The third-order valence-corrected chi connectivity index (χ3v) is 3.58. The lowest BCUT2D eigenvalue weighted by Crippen LogP contribution is -2.05. The van der Waals surface area contributed by atoms with Crippen molar-refractivity contribution in [2.75, 3.05) is 0 Å². The topological polar surface area (TPSA) is 37.3 Å². The first kappa shape index (κ1) is 14.5. The number of carbonyl (C=O) groups excluding carboxylic acids is 1. The van der Waals surface area contributed by atoms with Gasteiger partial charge in [-0.3, -0.25) is 4.79 Å². The fraction of sp³-hybridized carbons (Fsp3) is 0.118. The molecule has 0 saturated heterocycles. The van der Waals surface area contributed by atoms with E-state index in [2.05, 4.69) is 15.9 Å². The molecule has 2 nitrogen and oxygen atoms in total. The molecule has 102 valence electrons. The highest BCUT2D eigenvalue weighted by molar-refractivity contribution is 9.10. The van der Waals surface area contributed by atoms with Crippen molar-refractivity contribution in [2.45, 2.75) is 13.3 Å². The van der Waals surface area contributed by atoms with E-state index in [1.807, 2.05) is 42.5 Å². The molecule has 0 radical (unpaired) electrons. The molecule has 0 atom stereocenters. The SMILES string of the molecule is CC(=O)C(Cc1ccc(Br)cc1)=C(O)c1ccccc1. The molecule has 2 rings (SSSR count). The second kappa shape index (κ2) is 6.53. The Kier molecular flexibility index (Phi) is 4.74. The van der Waals surface area contributed by atoms with Crippen LogP contribution in [0.3, 0.4) is 0 Å². The molecule has 0 heterocycles. The predicted molar refractivity (Wildman–Crippen MR) is 84.5 cm³/mol. The Bertz CT molecular complexity index is 628. The molecule has 0 saturated carbocycles. The van der Waals surface area contributed by atoms with Crippen LogP contribution in [0, 0.1) is 0 Å². The molecule has 2 aromatic carbocycles. The summed E-state index contributed by atoms with van der Waals surface area (Å²) < 4.78 is 0.988. The molecule has 0 spiro atoms. The number of allylic oxidation sites excluding steroid dienone is 1. The molecule has 0 unspecified atom stereocenters. The molecular weight excluding hydrogens is 316 g/mol. The second-order valence-corrected chi connectivity index (χ2v) is 5.47. The summed E-state index contributed by atoms with van der Waals surface area (Å²) in [7, 11) is 0. The Hall–Kier alpha value is -1.87. The second-order valence-electron chi connectivity index (χ2n) is 4.55. The lowest BCUT2D eigenvalue weighted by molar-refractivity contribution is -0.113. The van der Waals surface area contributed by atoms with Crippen LogP contribution in [-0.2, 0) is 11.2 Å². The molecule has 0 aliphatic heterocycles. The first-order chi connectivity index (χ1) is 9.58. The smallest absolute Gasteiger partial charge is 0.159 e. The average molecular weight is 331 g/mol. The van der Waals surface area contributed by atoms with Crippen molar-refractivity contribution in [2.24, 2.45) is 0 Å². The van der Waals surface area contributed by atoms with Crippen LogP contribution in [0.15, 0.2) is 64.6 Å². The lowest BCUT2D eigenvalue weighted by Gasteiger charge is -2.09. The Balaban J connectivity index is 2.36. The van der Waals surface area contributed by atoms with Crippen molar-refractivity contribution >= 4 is 27.5 Å². The van der Waals surface area contributed by atoms with Gasteiger partial charge in [0, 0.05) is 22.0 Å². The van der Waals surface area contributed by atoms with Crippen molar-refractivity contribution in [3.63, 3.8) is 0 Å². The van der Waals surface area contributed by atoms with Gasteiger partial charge in [-0.2, -0.15) is 0 Å². The van der Waals surface area contributed by atoms with E-state index in [-0.39, 0.29) is 11.5 Å². The van der Waals surface area contributed by atoms with Crippen molar-refractivity contribution in [1.29, 1.82) is 0 Å². The number of rotatable bonds is 4. The Morgan fingerprint density at radius 3 is 2.20 bits per heavy atom. The van der Waals surface area contributed by atoms with Crippen LogP contribution in [0.1, 0.15) is 18.1 Å². The zero-order valence-electron chi connectivity index (χ0n) is 11.1. The van der Waals surface area contributed by atoms with Gasteiger partial charge in [-0.05, 0) is 24.6 Å². The van der Waals surface area contributed by atoms with E-state index < -0.39 is 0 Å². The summed E-state index contributed by atoms with van der Waals surface area (Å²) in [5.74, 6) is -0.0599. The number of halogens is 1. The first-order valence-electron chi connectivity index (χ1n) is 6.31. The van der Waals surface area contributed by atoms with Crippen LogP contribution in [0.2, 0.25) is 0 Å². The summed E-state index contributed by atoms with van der Waals surface area (Å²) in [4.78, 5) is 11.8. The molecule has 0 amide bonds. The van der Waals surface area contributed by atoms with Crippen LogP contribution in [0.25, 0.3) is 5.76 Å². The average Bonchev–Trinajstić information content (AvgIpc) is 2.46. The number of aliphatic hydroxyl groups is 1. The normalized spacial score (nSPS) is 11.9. The fourth-order valence-electron chi connectivity index (χ4n) is 1.95. The maximum atomic E-state index is 11.8. The molecule has 1 N–H and O–H groups in total. The summed E-state index contributed by atoms with van der Waals surface area (Å²) in [5.41, 5.74) is 2.08. The highest BCUT2D eigenvalue weighted by Crippen LogP contribution is 2.21. The van der Waals surface area contributed by atoms with E-state index in [0.717, 1.165) is 10.0 Å². The maximum Gasteiger partial charge on any atom is 0.159 e. The standard InChI is InChI=1S/C17H15BrO2/c1-12(19)16(11-13-7-9-15(18)10-8-13)17(20)14-5-3-2-4-6-14/h2-10,20H,11H2,1H3. The largest absolute Gasteiger partial charge is 0.507 e. The van der Waals surface area contributed by atoms with E-state index >= 15 is 0 Å². The monoisotopic (exact) mass is 330 g/mol. The number of benzene rings is 2. The van der Waals surface area contributed by atoms with Crippen molar-refractivity contribution in [3.8, 4) is 0 Å². The zero-order valence-corrected chi connectivity index (χ0v) is 12.7. The van der Waals surface area contributed by atoms with E-state index in [1.165, 1.54) is 6.92 Å². The molecule has 0 aliphatic carbocycles. The molecule has 0 aliphatic rings. The minimum Gasteiger partial charge on any atom is -0.507 e. The van der Waals surface area contributed by atoms with Crippen molar-refractivity contribution in [3.05, 3.63) is 75.8 Å². The highest BCUT2D eigenvalue weighted by Gasteiger charge is 2.13. The minimum atomic E-state index is -0.116. The van der Waals surface area contributed by atoms with Gasteiger partial charge in [0.2, 0.25) is 0 Å². The van der Waals surface area contributed by atoms with Crippen LogP contribution in [0.5, 0.6) is 0 Å². The summed E-state index contributed by atoms with van der Waals surface area (Å²) in [6, 6.07) is 16.8. The molecule has 0 fully saturated rings.